The summed E-state index contributed by atoms with van der Waals surface area (Å²) in [5, 5.41) is 2.81. The lowest BCUT2D eigenvalue weighted by molar-refractivity contribution is -0.121. The smallest absolute Gasteiger partial charge is 0.335 e. The minimum atomic E-state index is -0.442. The van der Waals surface area contributed by atoms with Crippen molar-refractivity contribution in [1.82, 2.24) is 19.4 Å². The molecule has 0 bridgehead atoms. The van der Waals surface area contributed by atoms with Gasteiger partial charge in [0.15, 0.2) is 5.65 Å². The van der Waals surface area contributed by atoms with E-state index in [9.17, 15) is 14.0 Å². The van der Waals surface area contributed by atoms with Crippen molar-refractivity contribution in [2.45, 2.75) is 13.1 Å². The minimum Gasteiger partial charge on any atom is -0.497 e. The number of methoxy groups -OCH3 is 2. The molecule has 2 aromatic heterocycles. The Labute approximate surface area is 182 Å². The number of halogens is 1. The summed E-state index contributed by atoms with van der Waals surface area (Å²) in [6, 6.07) is 14.2. The Balaban J connectivity index is 1.60. The van der Waals surface area contributed by atoms with Crippen LogP contribution in [0.3, 0.4) is 0 Å². The van der Waals surface area contributed by atoms with E-state index < -0.39 is 11.5 Å². The third-order valence-corrected chi connectivity index (χ3v) is 5.05. The van der Waals surface area contributed by atoms with Gasteiger partial charge >= 0.3 is 5.69 Å². The maximum atomic E-state index is 13.3. The number of benzene rings is 2. The molecule has 2 heterocycles. The van der Waals surface area contributed by atoms with Crippen LogP contribution in [0.5, 0.6) is 11.5 Å². The molecule has 0 unspecified atom stereocenters. The average Bonchev–Trinajstić information content (AvgIpc) is 3.09. The third kappa shape index (κ3) is 4.04. The van der Waals surface area contributed by atoms with E-state index in [1.807, 2.05) is 0 Å². The number of pyridine rings is 1. The normalized spacial score (nSPS) is 10.8. The highest BCUT2D eigenvalue weighted by Gasteiger charge is 2.18. The van der Waals surface area contributed by atoms with Gasteiger partial charge in [-0.2, -0.15) is 0 Å². The number of hydrogen-bond acceptors (Lipinski definition) is 5. The van der Waals surface area contributed by atoms with Crippen molar-refractivity contribution in [2.75, 3.05) is 14.2 Å². The van der Waals surface area contributed by atoms with E-state index in [1.54, 1.807) is 43.6 Å². The first kappa shape index (κ1) is 21.1. The fourth-order valence-corrected chi connectivity index (χ4v) is 3.45. The second-order valence-electron chi connectivity index (χ2n) is 6.98. The molecule has 8 nitrogen and oxygen atoms in total. The van der Waals surface area contributed by atoms with Crippen LogP contribution in [0.1, 0.15) is 5.56 Å². The maximum Gasteiger partial charge on any atom is 0.335 e. The summed E-state index contributed by atoms with van der Waals surface area (Å²) < 4.78 is 26.6. The van der Waals surface area contributed by atoms with Crippen LogP contribution in [0.25, 0.3) is 16.9 Å². The molecule has 32 heavy (non-hydrogen) atoms. The fourth-order valence-electron chi connectivity index (χ4n) is 3.45. The predicted molar refractivity (Wildman–Crippen MR) is 117 cm³/mol. The molecule has 9 heteroatoms. The molecule has 0 radical (unpaired) electrons. The Morgan fingerprint density at radius 2 is 1.88 bits per heavy atom. The molecule has 164 valence electrons. The number of ether oxygens (including phenoxy) is 2. The summed E-state index contributed by atoms with van der Waals surface area (Å²) in [4.78, 5) is 30.1. The predicted octanol–water partition coefficient (Wildman–Crippen LogP) is 2.66. The van der Waals surface area contributed by atoms with Gasteiger partial charge in [-0.05, 0) is 48.5 Å². The molecule has 0 saturated heterocycles. The number of amides is 1. The third-order valence-electron chi connectivity index (χ3n) is 5.05. The number of fused-ring (bicyclic) bond motifs is 1. The van der Waals surface area contributed by atoms with Gasteiger partial charge in [0.25, 0.3) is 0 Å². The summed E-state index contributed by atoms with van der Waals surface area (Å²) >= 11 is 0. The van der Waals surface area contributed by atoms with Gasteiger partial charge in [-0.15, -0.1) is 0 Å². The molecule has 0 fully saturated rings. The van der Waals surface area contributed by atoms with E-state index in [-0.39, 0.29) is 19.0 Å². The molecule has 1 amide bonds. The molecule has 0 aliphatic carbocycles. The highest BCUT2D eigenvalue weighted by Crippen LogP contribution is 2.24. The molecule has 0 saturated carbocycles. The summed E-state index contributed by atoms with van der Waals surface area (Å²) in [5.74, 6) is 0.460. The van der Waals surface area contributed by atoms with Gasteiger partial charge in [0.2, 0.25) is 5.91 Å². The van der Waals surface area contributed by atoms with Gasteiger partial charge in [0.05, 0.1) is 25.4 Å². The molecule has 2 aromatic carbocycles. The summed E-state index contributed by atoms with van der Waals surface area (Å²) in [7, 11) is 3.10. The van der Waals surface area contributed by atoms with Crippen molar-refractivity contribution >= 4 is 17.1 Å². The molecule has 4 rings (SSSR count). The number of aromatic nitrogens is 3. The van der Waals surface area contributed by atoms with Crippen molar-refractivity contribution in [3.63, 3.8) is 0 Å². The van der Waals surface area contributed by atoms with Crippen LogP contribution in [0.2, 0.25) is 0 Å². The topological polar surface area (TPSA) is 87.4 Å². The second-order valence-corrected chi connectivity index (χ2v) is 6.98. The summed E-state index contributed by atoms with van der Waals surface area (Å²) in [6.45, 7) is 0.0172. The lowest BCUT2D eigenvalue weighted by atomic mass is 10.2. The van der Waals surface area contributed by atoms with Crippen molar-refractivity contribution in [1.29, 1.82) is 0 Å². The molecule has 0 atom stereocenters. The number of carbonyl (C=O) groups is 1. The molecular formula is C23H21FN4O4. The Morgan fingerprint density at radius 3 is 2.59 bits per heavy atom. The fraction of sp³-hybridized carbons (Fsp3) is 0.174. The van der Waals surface area contributed by atoms with Crippen molar-refractivity contribution in [3.05, 3.63) is 82.7 Å². The first-order chi connectivity index (χ1) is 15.5. The zero-order chi connectivity index (χ0) is 22.7. The van der Waals surface area contributed by atoms with Crippen LogP contribution in [-0.4, -0.2) is 34.2 Å². The number of rotatable bonds is 7. The molecule has 4 aromatic rings. The van der Waals surface area contributed by atoms with Crippen LogP contribution >= 0.6 is 0 Å². The van der Waals surface area contributed by atoms with E-state index in [0.29, 0.717) is 28.4 Å². The molecule has 0 aliphatic rings. The lowest BCUT2D eigenvalue weighted by Crippen LogP contribution is -2.32. The Morgan fingerprint density at radius 1 is 1.09 bits per heavy atom. The Hall–Kier alpha value is -4.14. The van der Waals surface area contributed by atoms with Gasteiger partial charge in [-0.25, -0.2) is 18.7 Å². The monoisotopic (exact) mass is 436 g/mol. The second kappa shape index (κ2) is 8.93. The molecule has 0 spiro atoms. The number of nitrogens with zero attached hydrogens (tertiary/aromatic N) is 3. The summed E-state index contributed by atoms with van der Waals surface area (Å²) in [5.41, 5.74) is 1.67. The van der Waals surface area contributed by atoms with E-state index in [4.69, 9.17) is 9.47 Å². The first-order valence-electron chi connectivity index (χ1n) is 9.81. The van der Waals surface area contributed by atoms with Gasteiger partial charge in [-0.3, -0.25) is 9.36 Å². The number of imidazole rings is 1. The number of nitrogens with one attached hydrogen (secondary N) is 1. The van der Waals surface area contributed by atoms with E-state index in [0.717, 1.165) is 5.56 Å². The summed E-state index contributed by atoms with van der Waals surface area (Å²) in [6.07, 6.45) is 1.56. The van der Waals surface area contributed by atoms with Gasteiger partial charge < -0.3 is 14.8 Å². The lowest BCUT2D eigenvalue weighted by Gasteiger charge is -2.11. The average molecular weight is 436 g/mol. The first-order valence-corrected chi connectivity index (χ1v) is 9.81. The van der Waals surface area contributed by atoms with Crippen LogP contribution in [-0.2, 0) is 17.9 Å². The van der Waals surface area contributed by atoms with Crippen LogP contribution in [0.15, 0.2) is 65.6 Å². The highest BCUT2D eigenvalue weighted by molar-refractivity contribution is 5.80. The Kier molecular flexibility index (Phi) is 5.89. The number of hydrogen-bond donors (Lipinski definition) is 1. The van der Waals surface area contributed by atoms with Crippen LogP contribution in [0, 0.1) is 5.82 Å². The largest absolute Gasteiger partial charge is 0.497 e. The molecule has 1 N–H and O–H groups in total. The van der Waals surface area contributed by atoms with Gasteiger partial charge in [0.1, 0.15) is 23.9 Å². The van der Waals surface area contributed by atoms with E-state index in [1.165, 1.54) is 40.5 Å². The molecular weight excluding hydrogens is 415 g/mol. The standard InChI is InChI=1S/C23H21FN4O4/c1-31-18-10-5-15(20(12-18)32-2)13-26-21(29)14-27-19-4-3-11-25-22(19)28(23(27)30)17-8-6-16(24)7-9-17/h3-12H,13-14H2,1-2H3,(H,26,29). The van der Waals surface area contributed by atoms with Crippen molar-refractivity contribution < 1.29 is 18.7 Å². The van der Waals surface area contributed by atoms with Crippen LogP contribution < -0.4 is 20.5 Å². The molecule has 0 aliphatic heterocycles. The van der Waals surface area contributed by atoms with Crippen molar-refractivity contribution in [3.8, 4) is 17.2 Å². The number of carbonyl (C=O) groups excluding carboxylic acids is 1. The van der Waals surface area contributed by atoms with Gasteiger partial charge in [-0.1, -0.05) is 0 Å². The maximum absolute atomic E-state index is 13.3. The van der Waals surface area contributed by atoms with E-state index >= 15 is 0 Å². The quantitative estimate of drug-likeness (QED) is 0.481. The minimum absolute atomic E-state index is 0.201. The zero-order valence-electron chi connectivity index (χ0n) is 17.5. The van der Waals surface area contributed by atoms with E-state index in [2.05, 4.69) is 10.3 Å². The Bertz CT molecular complexity index is 1330. The zero-order valence-corrected chi connectivity index (χ0v) is 17.5. The van der Waals surface area contributed by atoms with Gasteiger partial charge in [0, 0.05) is 24.4 Å². The SMILES string of the molecule is COc1ccc(CNC(=O)Cn2c(=O)n(-c3ccc(F)cc3)c3ncccc32)c(OC)c1. The highest BCUT2D eigenvalue weighted by atomic mass is 19.1. The van der Waals surface area contributed by atoms with Crippen molar-refractivity contribution in [2.24, 2.45) is 0 Å². The van der Waals surface area contributed by atoms with Crippen LogP contribution in [0.4, 0.5) is 4.39 Å².